The molecule has 0 saturated carbocycles. The Morgan fingerprint density at radius 2 is 2.07 bits per heavy atom. The predicted molar refractivity (Wildman–Crippen MR) is 94.7 cm³/mol. The van der Waals surface area contributed by atoms with Gasteiger partial charge in [0.1, 0.15) is 12.4 Å². The second-order valence-corrected chi connectivity index (χ2v) is 6.01. The van der Waals surface area contributed by atoms with Crippen molar-refractivity contribution in [3.8, 4) is 0 Å². The number of anilines is 1. The quantitative estimate of drug-likeness (QED) is 0.528. The molecule has 140 valence electrons. The van der Waals surface area contributed by atoms with Gasteiger partial charge in [-0.05, 0) is 36.5 Å². The maximum atomic E-state index is 13.3. The summed E-state index contributed by atoms with van der Waals surface area (Å²) in [6.07, 6.45) is 1.37. The maximum absolute atomic E-state index is 13.3. The van der Waals surface area contributed by atoms with Gasteiger partial charge in [0.25, 0.3) is 0 Å². The minimum Gasteiger partial charge on any atom is -0.358 e. The van der Waals surface area contributed by atoms with Gasteiger partial charge >= 0.3 is 5.82 Å². The molecule has 0 fully saturated rings. The number of nitrogens with zero attached hydrogens (tertiary/aromatic N) is 5. The Hall–Kier alpha value is -3.56. The number of carbonyl (C=O) groups excluding carboxylic acids is 1. The van der Waals surface area contributed by atoms with E-state index >= 15 is 0 Å². The number of amides is 1. The number of aryl methyl sites for hydroxylation is 1. The molecule has 0 bridgehead atoms. The second kappa shape index (κ2) is 7.36. The lowest BCUT2D eigenvalue weighted by Gasteiger charge is -2.07. The number of nitro groups is 1. The van der Waals surface area contributed by atoms with Gasteiger partial charge in [-0.25, -0.2) is 4.39 Å². The molecule has 0 saturated heterocycles. The van der Waals surface area contributed by atoms with E-state index in [-0.39, 0.29) is 24.1 Å². The molecule has 0 aliphatic carbocycles. The van der Waals surface area contributed by atoms with Gasteiger partial charge in [0.15, 0.2) is 0 Å². The molecule has 9 nitrogen and oxygen atoms in total. The average molecular weight is 372 g/mol. The molecule has 3 aromatic rings. The number of halogens is 1. The van der Waals surface area contributed by atoms with E-state index in [4.69, 9.17) is 0 Å². The monoisotopic (exact) mass is 372 g/mol. The van der Waals surface area contributed by atoms with Gasteiger partial charge < -0.3 is 15.4 Å². The zero-order chi connectivity index (χ0) is 19.6. The number of aromatic nitrogens is 4. The van der Waals surface area contributed by atoms with Crippen LogP contribution in [-0.2, 0) is 17.9 Å². The standard InChI is InChI=1S/C17H17FN6O3/c1-11-17(19-16(25)10-22-7-6-15(21-22)24(26)27)12(2)23(20-11)9-13-4-3-5-14(18)8-13/h3-8H,9-10H2,1-2H3,(H,19,25). The molecule has 0 spiro atoms. The summed E-state index contributed by atoms with van der Waals surface area (Å²) >= 11 is 0. The second-order valence-electron chi connectivity index (χ2n) is 6.01. The normalized spacial score (nSPS) is 10.8. The van der Waals surface area contributed by atoms with E-state index in [1.807, 2.05) is 0 Å². The molecular formula is C17H17FN6O3. The SMILES string of the molecule is Cc1nn(Cc2cccc(F)c2)c(C)c1NC(=O)Cn1ccc([N+](=O)[O-])n1. The summed E-state index contributed by atoms with van der Waals surface area (Å²) in [5.74, 6) is -1.03. The first kappa shape index (κ1) is 18.2. The lowest BCUT2D eigenvalue weighted by atomic mass is 10.2. The smallest absolute Gasteiger partial charge is 0.358 e. The number of hydrogen-bond donors (Lipinski definition) is 1. The van der Waals surface area contributed by atoms with Gasteiger partial charge in [-0.1, -0.05) is 12.1 Å². The zero-order valence-corrected chi connectivity index (χ0v) is 14.7. The van der Waals surface area contributed by atoms with Gasteiger partial charge in [-0.15, -0.1) is 0 Å². The highest BCUT2D eigenvalue weighted by atomic mass is 19.1. The lowest BCUT2D eigenvalue weighted by molar-refractivity contribution is -0.389. The summed E-state index contributed by atoms with van der Waals surface area (Å²) in [6.45, 7) is 3.75. The van der Waals surface area contributed by atoms with Crippen molar-refractivity contribution < 1.29 is 14.1 Å². The van der Waals surface area contributed by atoms with Crippen molar-refractivity contribution in [3.63, 3.8) is 0 Å². The van der Waals surface area contributed by atoms with Crippen molar-refractivity contribution in [3.05, 3.63) is 69.4 Å². The molecule has 2 aromatic heterocycles. The van der Waals surface area contributed by atoms with Crippen molar-refractivity contribution in [1.29, 1.82) is 0 Å². The van der Waals surface area contributed by atoms with Crippen LogP contribution in [-0.4, -0.2) is 30.4 Å². The third-order valence-corrected chi connectivity index (χ3v) is 3.99. The fraction of sp³-hybridized carbons (Fsp3) is 0.235. The van der Waals surface area contributed by atoms with E-state index in [1.165, 1.54) is 29.1 Å². The Bertz CT molecular complexity index is 1010. The lowest BCUT2D eigenvalue weighted by Crippen LogP contribution is -2.20. The van der Waals surface area contributed by atoms with Crippen LogP contribution in [0.15, 0.2) is 36.5 Å². The Labute approximate surface area is 153 Å². The van der Waals surface area contributed by atoms with Gasteiger partial charge in [-0.2, -0.15) is 9.78 Å². The molecule has 2 heterocycles. The molecule has 1 aromatic carbocycles. The van der Waals surface area contributed by atoms with Crippen LogP contribution < -0.4 is 5.32 Å². The average Bonchev–Trinajstić information content (AvgIpc) is 3.16. The van der Waals surface area contributed by atoms with E-state index in [0.29, 0.717) is 17.9 Å². The Kier molecular flexibility index (Phi) is 4.97. The van der Waals surface area contributed by atoms with E-state index in [2.05, 4.69) is 15.5 Å². The fourth-order valence-corrected chi connectivity index (χ4v) is 2.70. The van der Waals surface area contributed by atoms with Crippen molar-refractivity contribution in [2.75, 3.05) is 5.32 Å². The molecule has 0 radical (unpaired) electrons. The van der Waals surface area contributed by atoms with Crippen LogP contribution >= 0.6 is 0 Å². The molecule has 1 N–H and O–H groups in total. The van der Waals surface area contributed by atoms with E-state index in [0.717, 1.165) is 11.3 Å². The third kappa shape index (κ3) is 4.17. The maximum Gasteiger partial charge on any atom is 0.389 e. The zero-order valence-electron chi connectivity index (χ0n) is 14.7. The highest BCUT2D eigenvalue weighted by molar-refractivity contribution is 5.91. The largest absolute Gasteiger partial charge is 0.389 e. The Balaban J connectivity index is 1.72. The van der Waals surface area contributed by atoms with Gasteiger partial charge in [-0.3, -0.25) is 9.48 Å². The first-order valence-electron chi connectivity index (χ1n) is 8.09. The van der Waals surface area contributed by atoms with Crippen LogP contribution in [0.5, 0.6) is 0 Å². The van der Waals surface area contributed by atoms with Crippen molar-refractivity contribution in [1.82, 2.24) is 19.6 Å². The molecule has 0 atom stereocenters. The van der Waals surface area contributed by atoms with Crippen molar-refractivity contribution in [2.45, 2.75) is 26.9 Å². The van der Waals surface area contributed by atoms with Crippen molar-refractivity contribution in [2.24, 2.45) is 0 Å². The predicted octanol–water partition coefficient (Wildman–Crippen LogP) is 2.43. The minimum absolute atomic E-state index is 0.165. The summed E-state index contributed by atoms with van der Waals surface area (Å²) in [5, 5.41) is 21.5. The molecule has 0 aliphatic rings. The summed E-state index contributed by atoms with van der Waals surface area (Å²) < 4.78 is 16.2. The number of carbonyl (C=O) groups is 1. The van der Waals surface area contributed by atoms with Gasteiger partial charge in [0, 0.05) is 0 Å². The molecular weight excluding hydrogens is 355 g/mol. The summed E-state index contributed by atoms with van der Waals surface area (Å²) in [7, 11) is 0. The molecule has 0 aliphatic heterocycles. The Morgan fingerprint density at radius 1 is 1.30 bits per heavy atom. The number of nitrogens with one attached hydrogen (secondary N) is 1. The van der Waals surface area contributed by atoms with Gasteiger partial charge in [0.2, 0.25) is 5.91 Å². The van der Waals surface area contributed by atoms with Crippen LogP contribution in [0.3, 0.4) is 0 Å². The summed E-state index contributed by atoms with van der Waals surface area (Å²) in [4.78, 5) is 22.3. The van der Waals surface area contributed by atoms with Gasteiger partial charge in [0.05, 0.1) is 41.0 Å². The molecule has 0 unspecified atom stereocenters. The summed E-state index contributed by atoms with van der Waals surface area (Å²) in [5.41, 5.74) is 2.64. The first-order valence-corrected chi connectivity index (χ1v) is 8.09. The fourth-order valence-electron chi connectivity index (χ4n) is 2.70. The van der Waals surface area contributed by atoms with Crippen LogP contribution in [0.2, 0.25) is 0 Å². The number of rotatable bonds is 6. The molecule has 27 heavy (non-hydrogen) atoms. The number of benzene rings is 1. The molecule has 10 heteroatoms. The first-order chi connectivity index (χ1) is 12.8. The molecule has 3 rings (SSSR count). The van der Waals surface area contributed by atoms with Crippen LogP contribution in [0.1, 0.15) is 17.0 Å². The van der Waals surface area contributed by atoms with Crippen molar-refractivity contribution >= 4 is 17.4 Å². The highest BCUT2D eigenvalue weighted by Gasteiger charge is 2.17. The summed E-state index contributed by atoms with van der Waals surface area (Å²) in [6, 6.07) is 7.45. The Morgan fingerprint density at radius 3 is 2.74 bits per heavy atom. The number of hydrogen-bond acceptors (Lipinski definition) is 5. The van der Waals surface area contributed by atoms with E-state index in [9.17, 15) is 19.3 Å². The molecule has 1 amide bonds. The topological polar surface area (TPSA) is 108 Å². The van der Waals surface area contributed by atoms with Crippen LogP contribution in [0.25, 0.3) is 0 Å². The minimum atomic E-state index is -0.626. The van der Waals surface area contributed by atoms with Crippen LogP contribution in [0, 0.1) is 29.8 Å². The van der Waals surface area contributed by atoms with E-state index in [1.54, 1.807) is 30.7 Å². The van der Waals surface area contributed by atoms with Crippen LogP contribution in [0.4, 0.5) is 15.9 Å². The van der Waals surface area contributed by atoms with E-state index < -0.39 is 4.92 Å². The third-order valence-electron chi connectivity index (χ3n) is 3.99. The highest BCUT2D eigenvalue weighted by Crippen LogP contribution is 2.21.